The molecule has 0 amide bonds. The van der Waals surface area contributed by atoms with Crippen molar-refractivity contribution in [3.05, 3.63) is 36.4 Å². The summed E-state index contributed by atoms with van der Waals surface area (Å²) in [5.41, 5.74) is 2.04. The van der Waals surface area contributed by atoms with Crippen molar-refractivity contribution < 1.29 is 4.74 Å². The van der Waals surface area contributed by atoms with Crippen LogP contribution < -0.4 is 4.74 Å². The van der Waals surface area contributed by atoms with E-state index in [1.54, 1.807) is 18.9 Å². The number of rotatable bonds is 3. The molecule has 0 unspecified atom stereocenters. The molecule has 0 spiro atoms. The van der Waals surface area contributed by atoms with Crippen molar-refractivity contribution in [3.63, 3.8) is 0 Å². The van der Waals surface area contributed by atoms with Gasteiger partial charge in [0.1, 0.15) is 0 Å². The van der Waals surface area contributed by atoms with E-state index in [9.17, 15) is 0 Å². The van der Waals surface area contributed by atoms with Crippen LogP contribution in [0.25, 0.3) is 16.7 Å². The van der Waals surface area contributed by atoms with Crippen molar-refractivity contribution in [1.29, 1.82) is 0 Å². The molecule has 3 aromatic rings. The van der Waals surface area contributed by atoms with Crippen LogP contribution in [0.4, 0.5) is 0 Å². The van der Waals surface area contributed by atoms with Crippen LogP contribution in [-0.2, 0) is 0 Å². The first-order chi connectivity index (χ1) is 8.85. The highest BCUT2D eigenvalue weighted by molar-refractivity contribution is 8.00. The lowest BCUT2D eigenvalue weighted by molar-refractivity contribution is 0.391. The number of hydrogen-bond donors (Lipinski definition) is 0. The maximum atomic E-state index is 5.46. The van der Waals surface area contributed by atoms with Crippen LogP contribution in [0.1, 0.15) is 0 Å². The molecule has 0 fully saturated rings. The van der Waals surface area contributed by atoms with Gasteiger partial charge in [-0.15, -0.1) is 11.8 Å². The first kappa shape index (κ1) is 11.6. The first-order valence-electron chi connectivity index (χ1n) is 5.49. The quantitative estimate of drug-likeness (QED) is 0.681. The summed E-state index contributed by atoms with van der Waals surface area (Å²) in [7, 11) is 1.69. The van der Waals surface area contributed by atoms with Gasteiger partial charge in [-0.05, 0) is 29.9 Å². The second-order valence-corrected chi connectivity index (χ2v) is 5.62. The van der Waals surface area contributed by atoms with E-state index in [2.05, 4.69) is 28.8 Å². The molecule has 2 heterocycles. The van der Waals surface area contributed by atoms with Crippen molar-refractivity contribution in [3.8, 4) is 11.6 Å². The third-order valence-electron chi connectivity index (χ3n) is 2.78. The zero-order valence-electron chi connectivity index (χ0n) is 10.1. The molecule has 3 nitrogen and oxygen atoms in total. The second-order valence-electron chi connectivity index (χ2n) is 3.77. The summed E-state index contributed by atoms with van der Waals surface area (Å²) in [4.78, 5) is 0. The van der Waals surface area contributed by atoms with Gasteiger partial charge >= 0.3 is 0 Å². The molecule has 0 aliphatic rings. The molecule has 0 N–H and O–H groups in total. The maximum absolute atomic E-state index is 5.46. The fourth-order valence-corrected chi connectivity index (χ4v) is 3.35. The highest BCUT2D eigenvalue weighted by Gasteiger charge is 2.16. The Kier molecular flexibility index (Phi) is 3.01. The number of ether oxygens (including phenoxy) is 1. The lowest BCUT2D eigenvalue weighted by Gasteiger charge is -2.07. The molecule has 5 heteroatoms. The van der Waals surface area contributed by atoms with Gasteiger partial charge in [-0.3, -0.25) is 4.57 Å². The van der Waals surface area contributed by atoms with Crippen LogP contribution in [0, 0.1) is 0 Å². The van der Waals surface area contributed by atoms with Crippen molar-refractivity contribution in [2.75, 3.05) is 13.4 Å². The van der Waals surface area contributed by atoms with Gasteiger partial charge in [0.2, 0.25) is 0 Å². The Morgan fingerprint density at radius 3 is 2.72 bits per heavy atom. The van der Waals surface area contributed by atoms with Crippen LogP contribution in [0.5, 0.6) is 5.88 Å². The Hall–Kier alpha value is -1.46. The predicted molar refractivity (Wildman–Crippen MR) is 77.3 cm³/mol. The molecule has 0 saturated carbocycles. The Bertz CT molecular complexity index is 673. The summed E-state index contributed by atoms with van der Waals surface area (Å²) >= 11 is 3.25. The number of methoxy groups -OCH3 is 1. The van der Waals surface area contributed by atoms with Gasteiger partial charge in [-0.25, -0.2) is 0 Å². The van der Waals surface area contributed by atoms with E-state index in [0.29, 0.717) is 0 Å². The van der Waals surface area contributed by atoms with Crippen LogP contribution in [0.3, 0.4) is 0 Å². The molecule has 1 aromatic carbocycles. The first-order valence-corrected chi connectivity index (χ1v) is 7.49. The monoisotopic (exact) mass is 276 g/mol. The van der Waals surface area contributed by atoms with Gasteiger partial charge in [0, 0.05) is 11.5 Å². The van der Waals surface area contributed by atoms with Crippen molar-refractivity contribution in [1.82, 2.24) is 8.94 Å². The van der Waals surface area contributed by atoms with Crippen molar-refractivity contribution in [2.24, 2.45) is 0 Å². The Labute approximate surface area is 114 Å². The summed E-state index contributed by atoms with van der Waals surface area (Å²) < 4.78 is 13.3. The SMILES string of the molecule is COc1cc2c(SC)snc2n1-c1ccccc1. The van der Waals surface area contributed by atoms with Gasteiger partial charge in [0.05, 0.1) is 17.0 Å². The number of hydrogen-bond acceptors (Lipinski definition) is 4. The van der Waals surface area contributed by atoms with E-state index in [1.807, 2.05) is 22.8 Å². The number of benzene rings is 1. The van der Waals surface area contributed by atoms with Crippen LogP contribution in [-0.4, -0.2) is 22.3 Å². The topological polar surface area (TPSA) is 27.1 Å². The van der Waals surface area contributed by atoms with E-state index >= 15 is 0 Å². The van der Waals surface area contributed by atoms with E-state index in [4.69, 9.17) is 4.74 Å². The smallest absolute Gasteiger partial charge is 0.200 e. The van der Waals surface area contributed by atoms with Gasteiger partial charge in [0.15, 0.2) is 11.5 Å². The average Bonchev–Trinajstić information content (AvgIpc) is 2.97. The van der Waals surface area contributed by atoms with E-state index < -0.39 is 0 Å². The molecule has 0 saturated heterocycles. The highest BCUT2D eigenvalue weighted by atomic mass is 32.2. The number of para-hydroxylation sites is 1. The summed E-state index contributed by atoms with van der Waals surface area (Å²) in [5.74, 6) is 0.821. The van der Waals surface area contributed by atoms with Crippen LogP contribution >= 0.6 is 23.3 Å². The third-order valence-corrected chi connectivity index (χ3v) is 4.75. The van der Waals surface area contributed by atoms with E-state index in [0.717, 1.165) is 22.6 Å². The molecule has 92 valence electrons. The number of fused-ring (bicyclic) bond motifs is 1. The van der Waals surface area contributed by atoms with Gasteiger partial charge < -0.3 is 4.74 Å². The molecule has 0 aliphatic carbocycles. The molecule has 18 heavy (non-hydrogen) atoms. The largest absolute Gasteiger partial charge is 0.482 e. The number of nitrogens with zero attached hydrogens (tertiary/aromatic N) is 2. The molecule has 0 aliphatic heterocycles. The van der Waals surface area contributed by atoms with E-state index in [1.165, 1.54) is 15.7 Å². The molecule has 3 rings (SSSR count). The fourth-order valence-electron chi connectivity index (χ4n) is 1.98. The minimum Gasteiger partial charge on any atom is -0.482 e. The predicted octanol–water partition coefficient (Wildman–Crippen LogP) is 3.82. The molecule has 2 aromatic heterocycles. The fraction of sp³-hybridized carbons (Fsp3) is 0.154. The van der Waals surface area contributed by atoms with Gasteiger partial charge in [-0.1, -0.05) is 18.2 Å². The Morgan fingerprint density at radius 2 is 2.06 bits per heavy atom. The summed E-state index contributed by atoms with van der Waals surface area (Å²) in [6, 6.07) is 12.2. The van der Waals surface area contributed by atoms with Crippen molar-refractivity contribution in [2.45, 2.75) is 4.21 Å². The summed E-state index contributed by atoms with van der Waals surface area (Å²) in [5, 5.41) is 1.16. The average molecular weight is 276 g/mol. The zero-order valence-corrected chi connectivity index (χ0v) is 11.7. The van der Waals surface area contributed by atoms with Gasteiger partial charge in [-0.2, -0.15) is 4.37 Å². The zero-order chi connectivity index (χ0) is 12.5. The normalized spacial score (nSPS) is 11.0. The molecule has 0 radical (unpaired) electrons. The maximum Gasteiger partial charge on any atom is 0.200 e. The third kappa shape index (κ3) is 1.71. The van der Waals surface area contributed by atoms with E-state index in [-0.39, 0.29) is 0 Å². The second kappa shape index (κ2) is 4.66. The molecular formula is C13H12N2OS2. The summed E-state index contributed by atoms with van der Waals surface area (Å²) in [6.07, 6.45) is 2.07. The van der Waals surface area contributed by atoms with Gasteiger partial charge in [0.25, 0.3) is 0 Å². The summed E-state index contributed by atoms with van der Waals surface area (Å²) in [6.45, 7) is 0. The highest BCUT2D eigenvalue weighted by Crippen LogP contribution is 2.36. The minimum atomic E-state index is 0.821. The lowest BCUT2D eigenvalue weighted by Crippen LogP contribution is -1.97. The van der Waals surface area contributed by atoms with Crippen LogP contribution in [0.2, 0.25) is 0 Å². The molecule has 0 bridgehead atoms. The minimum absolute atomic E-state index is 0.821. The van der Waals surface area contributed by atoms with Crippen molar-refractivity contribution >= 4 is 34.3 Å². The lowest BCUT2D eigenvalue weighted by atomic mass is 10.3. The molecular weight excluding hydrogens is 264 g/mol. The van der Waals surface area contributed by atoms with Crippen LogP contribution in [0.15, 0.2) is 40.6 Å². The molecule has 0 atom stereocenters. The number of thioether (sulfide) groups is 1. The Balaban J connectivity index is 2.30. The number of aromatic nitrogens is 2. The standard InChI is InChI=1S/C13H12N2OS2/c1-16-11-8-10-12(14-18-13(10)17-2)15(11)9-6-4-3-5-7-9/h3-8H,1-2H3. The Morgan fingerprint density at radius 1 is 1.28 bits per heavy atom.